The van der Waals surface area contributed by atoms with Crippen LogP contribution in [0.15, 0.2) is 65.6 Å². The van der Waals surface area contributed by atoms with Crippen LogP contribution in [0.1, 0.15) is 62.4 Å². The minimum absolute atomic E-state index is 0.0321. The molecular weight excluding hydrogens is 576 g/mol. The lowest BCUT2D eigenvalue weighted by atomic mass is 9.97. The molecule has 11 heteroatoms. The van der Waals surface area contributed by atoms with E-state index in [1.807, 2.05) is 18.2 Å². The Morgan fingerprint density at radius 2 is 1.77 bits per heavy atom. The topological polar surface area (TPSA) is 96.5 Å². The van der Waals surface area contributed by atoms with Crippen LogP contribution in [0.25, 0.3) is 0 Å². The maximum absolute atomic E-state index is 13.6. The van der Waals surface area contributed by atoms with Crippen LogP contribution < -0.4 is 20.1 Å². The Balaban J connectivity index is 1.51. The lowest BCUT2D eigenvalue weighted by Crippen LogP contribution is -2.37. The van der Waals surface area contributed by atoms with E-state index in [1.54, 1.807) is 0 Å². The highest BCUT2D eigenvalue weighted by molar-refractivity contribution is 7.89. The van der Waals surface area contributed by atoms with Gasteiger partial charge in [0.25, 0.3) is 0 Å². The van der Waals surface area contributed by atoms with Crippen molar-refractivity contribution < 1.29 is 22.3 Å². The molecule has 0 saturated heterocycles. The maximum atomic E-state index is 13.6. The smallest absolute Gasteiger partial charge is 0.241 e. The molecular formula is C29H32Cl2FN3O4S. The third-order valence-corrected chi connectivity index (χ3v) is 8.64. The molecule has 0 radical (unpaired) electrons. The van der Waals surface area contributed by atoms with Crippen LogP contribution in [-0.2, 0) is 21.4 Å². The number of sulfonamides is 1. The van der Waals surface area contributed by atoms with Gasteiger partial charge in [-0.05, 0) is 68.3 Å². The van der Waals surface area contributed by atoms with E-state index in [0.717, 1.165) is 11.1 Å². The van der Waals surface area contributed by atoms with Gasteiger partial charge in [0, 0.05) is 30.5 Å². The zero-order valence-corrected chi connectivity index (χ0v) is 24.8. The molecule has 3 aromatic rings. The molecule has 1 heterocycles. The largest absolute Gasteiger partial charge is 0.493 e. The Bertz CT molecular complexity index is 1480. The molecule has 40 heavy (non-hydrogen) atoms. The summed E-state index contributed by atoms with van der Waals surface area (Å²) < 4.78 is 48.4. The summed E-state index contributed by atoms with van der Waals surface area (Å²) in [5.41, 5.74) is 2.32. The van der Waals surface area contributed by atoms with Gasteiger partial charge in [0.15, 0.2) is 0 Å². The Morgan fingerprint density at radius 1 is 1.05 bits per heavy atom. The summed E-state index contributed by atoms with van der Waals surface area (Å²) in [7, 11) is -4.10. The zero-order valence-electron chi connectivity index (χ0n) is 22.4. The van der Waals surface area contributed by atoms with Crippen molar-refractivity contribution in [3.63, 3.8) is 0 Å². The van der Waals surface area contributed by atoms with Crippen molar-refractivity contribution in [2.75, 3.05) is 6.61 Å². The van der Waals surface area contributed by atoms with Crippen molar-refractivity contribution in [1.82, 2.24) is 15.4 Å². The first kappa shape index (κ1) is 30.3. The van der Waals surface area contributed by atoms with Gasteiger partial charge in [-0.1, -0.05) is 47.5 Å². The second kappa shape index (κ2) is 12.4. The van der Waals surface area contributed by atoms with Crippen LogP contribution in [-0.4, -0.2) is 26.5 Å². The molecule has 214 valence electrons. The molecule has 0 spiro atoms. The first-order valence-electron chi connectivity index (χ1n) is 12.8. The van der Waals surface area contributed by atoms with Crippen molar-refractivity contribution in [3.8, 4) is 5.75 Å². The number of carbonyl (C=O) groups is 1. The third kappa shape index (κ3) is 7.95. The van der Waals surface area contributed by atoms with Crippen LogP contribution >= 0.6 is 23.2 Å². The molecule has 0 saturated carbocycles. The number of hydrogen-bond donors (Lipinski definition) is 3. The molecule has 3 N–H and O–H groups in total. The summed E-state index contributed by atoms with van der Waals surface area (Å²) in [5, 5.41) is 6.76. The molecule has 2 atom stereocenters. The number of fused-ring (bicyclic) bond motifs is 1. The second-order valence-electron chi connectivity index (χ2n) is 10.7. The predicted molar refractivity (Wildman–Crippen MR) is 155 cm³/mol. The van der Waals surface area contributed by atoms with Gasteiger partial charge in [0.2, 0.25) is 15.9 Å². The molecule has 0 fully saturated rings. The minimum Gasteiger partial charge on any atom is -0.493 e. The Labute approximate surface area is 244 Å². The zero-order chi connectivity index (χ0) is 29.1. The molecule has 1 amide bonds. The van der Waals surface area contributed by atoms with Gasteiger partial charge >= 0.3 is 0 Å². The summed E-state index contributed by atoms with van der Waals surface area (Å²) in [6, 6.07) is 13.9. The molecule has 0 aromatic heterocycles. The van der Waals surface area contributed by atoms with E-state index in [4.69, 9.17) is 27.9 Å². The number of carbonyl (C=O) groups excluding carboxylic acids is 1. The van der Waals surface area contributed by atoms with E-state index in [9.17, 15) is 17.6 Å². The summed E-state index contributed by atoms with van der Waals surface area (Å²) in [4.78, 5) is 13.2. The highest BCUT2D eigenvalue weighted by atomic mass is 35.5. The molecule has 3 aromatic carbocycles. The van der Waals surface area contributed by atoms with E-state index in [1.165, 1.54) is 42.5 Å². The maximum Gasteiger partial charge on any atom is 0.241 e. The normalized spacial score (nSPS) is 16.1. The second-order valence-corrected chi connectivity index (χ2v) is 13.3. The van der Waals surface area contributed by atoms with Gasteiger partial charge in [0.05, 0.1) is 33.6 Å². The fourth-order valence-corrected chi connectivity index (χ4v) is 5.93. The van der Waals surface area contributed by atoms with E-state index in [0.29, 0.717) is 30.9 Å². The van der Waals surface area contributed by atoms with E-state index >= 15 is 0 Å². The quantitative estimate of drug-likeness (QED) is 0.274. The molecule has 0 aliphatic carbocycles. The van der Waals surface area contributed by atoms with E-state index in [2.05, 4.69) is 36.1 Å². The SMILES string of the molecule is CC(C)(C)NCc1ccc2c(c1)OCCC2NC(=O)CC(NS(=O)(=O)c1ccc(Cl)c(Cl)c1)c1ccc(F)cc1. The fourth-order valence-electron chi connectivity index (χ4n) is 4.32. The van der Waals surface area contributed by atoms with Crippen LogP contribution in [0.3, 0.4) is 0 Å². The summed E-state index contributed by atoms with van der Waals surface area (Å²) in [6.45, 7) is 7.39. The Morgan fingerprint density at radius 3 is 2.45 bits per heavy atom. The highest BCUT2D eigenvalue weighted by Crippen LogP contribution is 2.33. The summed E-state index contributed by atoms with van der Waals surface area (Å²) in [5.74, 6) is -0.141. The number of ether oxygens (including phenoxy) is 1. The van der Waals surface area contributed by atoms with Gasteiger partial charge in [-0.3, -0.25) is 4.79 Å². The molecule has 0 bridgehead atoms. The van der Waals surface area contributed by atoms with E-state index in [-0.39, 0.29) is 38.8 Å². The highest BCUT2D eigenvalue weighted by Gasteiger charge is 2.28. The third-order valence-electron chi connectivity index (χ3n) is 6.44. The van der Waals surface area contributed by atoms with Gasteiger partial charge < -0.3 is 15.4 Å². The average molecular weight is 609 g/mol. The Kier molecular flexibility index (Phi) is 9.42. The molecule has 1 aliphatic heterocycles. The Hall–Kier alpha value is -2.69. The van der Waals surface area contributed by atoms with Crippen molar-refractivity contribution in [1.29, 1.82) is 0 Å². The lowest BCUT2D eigenvalue weighted by molar-refractivity contribution is -0.122. The average Bonchev–Trinajstić information content (AvgIpc) is 2.88. The van der Waals surface area contributed by atoms with Gasteiger partial charge in [-0.15, -0.1) is 0 Å². The van der Waals surface area contributed by atoms with Crippen LogP contribution in [0.5, 0.6) is 5.75 Å². The monoisotopic (exact) mass is 607 g/mol. The van der Waals surface area contributed by atoms with Crippen LogP contribution in [0, 0.1) is 5.82 Å². The van der Waals surface area contributed by atoms with E-state index < -0.39 is 21.9 Å². The lowest BCUT2D eigenvalue weighted by Gasteiger charge is -2.28. The van der Waals surface area contributed by atoms with Gasteiger partial charge in [0.1, 0.15) is 11.6 Å². The summed E-state index contributed by atoms with van der Waals surface area (Å²) in [6.07, 6.45) is 0.348. The van der Waals surface area contributed by atoms with Crippen molar-refractivity contribution in [2.45, 2.75) is 62.7 Å². The molecule has 4 rings (SSSR count). The number of halogens is 3. The predicted octanol–water partition coefficient (Wildman–Crippen LogP) is 6.07. The van der Waals surface area contributed by atoms with Gasteiger partial charge in [-0.2, -0.15) is 0 Å². The van der Waals surface area contributed by atoms with Gasteiger partial charge in [-0.25, -0.2) is 17.5 Å². The molecule has 2 unspecified atom stereocenters. The number of nitrogens with one attached hydrogen (secondary N) is 3. The van der Waals surface area contributed by atoms with Crippen molar-refractivity contribution in [3.05, 3.63) is 93.2 Å². The van der Waals surface area contributed by atoms with Crippen molar-refractivity contribution >= 4 is 39.1 Å². The summed E-state index contributed by atoms with van der Waals surface area (Å²) >= 11 is 12.0. The number of rotatable bonds is 9. The standard InChI is InChI=1S/C29H32Cl2FN3O4S/c1-29(2,3)33-17-18-4-10-22-25(12-13-39-27(22)14-18)34-28(36)16-26(19-5-7-20(32)8-6-19)35-40(37,38)21-9-11-23(30)24(31)15-21/h4-11,14-15,25-26,33,35H,12-13,16-17H2,1-3H3,(H,34,36). The minimum atomic E-state index is -4.10. The molecule has 7 nitrogen and oxygen atoms in total. The first-order valence-corrected chi connectivity index (χ1v) is 15.1. The number of benzene rings is 3. The van der Waals surface area contributed by atoms with Crippen LogP contribution in [0.2, 0.25) is 10.0 Å². The molecule has 1 aliphatic rings. The number of hydrogen-bond acceptors (Lipinski definition) is 5. The van der Waals surface area contributed by atoms with Crippen molar-refractivity contribution in [2.24, 2.45) is 0 Å². The fraction of sp³-hybridized carbons (Fsp3) is 0.345. The first-order chi connectivity index (χ1) is 18.8. The number of amides is 1. The van der Waals surface area contributed by atoms with Crippen LogP contribution in [0.4, 0.5) is 4.39 Å².